The maximum Gasteiger partial charge on any atom is 0.221 e. The van der Waals surface area contributed by atoms with Crippen molar-refractivity contribution >= 4 is 41.8 Å². The fourth-order valence-electron chi connectivity index (χ4n) is 2.92. The molecule has 1 heterocycles. The van der Waals surface area contributed by atoms with E-state index in [1.165, 1.54) is 30.8 Å². The Balaban J connectivity index is 0.00000200. The molecule has 6 heteroatoms. The Hall–Kier alpha value is 0.420. The first-order valence-corrected chi connectivity index (χ1v) is 9.70. The van der Waals surface area contributed by atoms with Crippen molar-refractivity contribution in [2.24, 2.45) is 0 Å². The molecule has 2 aliphatic rings. The number of carbonyl (C=O) groups is 1. The molecule has 0 aromatic heterocycles. The molecule has 0 radical (unpaired) electrons. The second-order valence-corrected chi connectivity index (χ2v) is 8.17. The van der Waals surface area contributed by atoms with Crippen molar-refractivity contribution in [3.8, 4) is 0 Å². The maximum atomic E-state index is 12.1. The minimum Gasteiger partial charge on any atom is -0.353 e. The van der Waals surface area contributed by atoms with E-state index in [0.29, 0.717) is 18.5 Å². The van der Waals surface area contributed by atoms with Gasteiger partial charge in [0.25, 0.3) is 0 Å². The normalized spacial score (nSPS) is 30.4. The Morgan fingerprint density at radius 2 is 2.30 bits per heavy atom. The van der Waals surface area contributed by atoms with Gasteiger partial charge in [0.2, 0.25) is 5.91 Å². The predicted octanol–water partition coefficient (Wildman–Crippen LogP) is 2.68. The highest BCUT2D eigenvalue weighted by Gasteiger charge is 2.24. The lowest BCUT2D eigenvalue weighted by Crippen LogP contribution is -2.44. The van der Waals surface area contributed by atoms with Gasteiger partial charge in [-0.15, -0.1) is 12.4 Å². The number of hydrogen-bond donors (Lipinski definition) is 2. The van der Waals surface area contributed by atoms with E-state index in [1.807, 2.05) is 11.8 Å². The fourth-order valence-corrected chi connectivity index (χ4v) is 5.05. The Kier molecular flexibility index (Phi) is 9.42. The number of carbonyl (C=O) groups excluding carboxylic acids is 1. The van der Waals surface area contributed by atoms with Crippen molar-refractivity contribution in [1.29, 1.82) is 0 Å². The molecule has 2 N–H and O–H groups in total. The third-order valence-electron chi connectivity index (χ3n) is 3.82. The van der Waals surface area contributed by atoms with Crippen molar-refractivity contribution in [3.05, 3.63) is 0 Å². The number of rotatable bonds is 5. The molecule has 2 rings (SSSR count). The highest BCUT2D eigenvalue weighted by atomic mass is 35.5. The summed E-state index contributed by atoms with van der Waals surface area (Å²) < 4.78 is 0. The second-order valence-electron chi connectivity index (χ2n) is 5.44. The van der Waals surface area contributed by atoms with Crippen LogP contribution in [0.1, 0.15) is 39.0 Å². The lowest BCUT2D eigenvalue weighted by Gasteiger charge is -2.30. The topological polar surface area (TPSA) is 41.1 Å². The molecule has 1 amide bonds. The van der Waals surface area contributed by atoms with Gasteiger partial charge in [-0.25, -0.2) is 0 Å². The number of thioether (sulfide) groups is 2. The quantitative estimate of drug-likeness (QED) is 0.808. The second kappa shape index (κ2) is 10.2. The zero-order valence-corrected chi connectivity index (χ0v) is 14.7. The number of hydrogen-bond acceptors (Lipinski definition) is 4. The van der Waals surface area contributed by atoms with Gasteiger partial charge in [0.15, 0.2) is 0 Å². The summed E-state index contributed by atoms with van der Waals surface area (Å²) in [6, 6.07) is 0.796. The molecule has 0 aromatic carbocycles. The SMILES string of the molecule is CCSC1CCCC(NC(=O)CC2CSCCN2)C1.Cl. The van der Waals surface area contributed by atoms with Crippen LogP contribution < -0.4 is 10.6 Å². The summed E-state index contributed by atoms with van der Waals surface area (Å²) in [7, 11) is 0. The van der Waals surface area contributed by atoms with Gasteiger partial charge in [-0.05, 0) is 25.0 Å². The Morgan fingerprint density at radius 1 is 1.45 bits per heavy atom. The summed E-state index contributed by atoms with van der Waals surface area (Å²) >= 11 is 4.00. The average molecular weight is 339 g/mol. The van der Waals surface area contributed by atoms with Crippen LogP contribution in [0.25, 0.3) is 0 Å². The van der Waals surface area contributed by atoms with Crippen LogP contribution in [0, 0.1) is 0 Å². The Morgan fingerprint density at radius 3 is 3.00 bits per heavy atom. The van der Waals surface area contributed by atoms with Gasteiger partial charge < -0.3 is 10.6 Å². The molecule has 1 saturated heterocycles. The van der Waals surface area contributed by atoms with Gasteiger partial charge in [-0.3, -0.25) is 4.79 Å². The highest BCUT2D eigenvalue weighted by Crippen LogP contribution is 2.28. The van der Waals surface area contributed by atoms with E-state index in [1.54, 1.807) is 0 Å². The molecule has 3 unspecified atom stereocenters. The van der Waals surface area contributed by atoms with Crippen LogP contribution in [-0.4, -0.2) is 47.0 Å². The molecule has 0 aromatic rings. The van der Waals surface area contributed by atoms with Crippen molar-refractivity contribution < 1.29 is 4.79 Å². The maximum absolute atomic E-state index is 12.1. The van der Waals surface area contributed by atoms with Crippen molar-refractivity contribution in [2.45, 2.75) is 56.4 Å². The van der Waals surface area contributed by atoms with Gasteiger partial charge in [0.05, 0.1) is 0 Å². The Labute approximate surface area is 137 Å². The molecule has 20 heavy (non-hydrogen) atoms. The summed E-state index contributed by atoms with van der Waals surface area (Å²) in [5.41, 5.74) is 0. The summed E-state index contributed by atoms with van der Waals surface area (Å²) in [5, 5.41) is 7.44. The summed E-state index contributed by atoms with van der Waals surface area (Å²) in [6.07, 6.45) is 5.57. The standard InChI is InChI=1S/C14H26N2OS2.ClH/c1-2-19-13-5-3-4-11(8-13)16-14(17)9-12-10-18-7-6-15-12;/h11-13,15H,2-10H2,1H3,(H,16,17);1H. The van der Waals surface area contributed by atoms with Crippen LogP contribution in [0.15, 0.2) is 0 Å². The molecule has 0 bridgehead atoms. The van der Waals surface area contributed by atoms with Gasteiger partial charge in [-0.2, -0.15) is 23.5 Å². The van der Waals surface area contributed by atoms with Gasteiger partial charge >= 0.3 is 0 Å². The molecular formula is C14H27ClN2OS2. The monoisotopic (exact) mass is 338 g/mol. The van der Waals surface area contributed by atoms with E-state index >= 15 is 0 Å². The molecule has 1 aliphatic carbocycles. The van der Waals surface area contributed by atoms with E-state index < -0.39 is 0 Å². The Bertz CT molecular complexity index is 286. The van der Waals surface area contributed by atoms with Crippen LogP contribution in [0.2, 0.25) is 0 Å². The van der Waals surface area contributed by atoms with Crippen molar-refractivity contribution in [3.63, 3.8) is 0 Å². The molecule has 3 atom stereocenters. The third-order valence-corrected chi connectivity index (χ3v) is 6.19. The summed E-state index contributed by atoms with van der Waals surface area (Å²) in [4.78, 5) is 12.1. The fraction of sp³-hybridized carbons (Fsp3) is 0.929. The summed E-state index contributed by atoms with van der Waals surface area (Å²) in [5.74, 6) is 3.68. The number of halogens is 1. The van der Waals surface area contributed by atoms with E-state index in [4.69, 9.17) is 0 Å². The van der Waals surface area contributed by atoms with Crippen LogP contribution in [0.4, 0.5) is 0 Å². The first-order chi connectivity index (χ1) is 9.28. The lowest BCUT2D eigenvalue weighted by atomic mass is 9.94. The first kappa shape index (κ1) is 18.5. The van der Waals surface area contributed by atoms with Crippen LogP contribution in [0.3, 0.4) is 0 Å². The van der Waals surface area contributed by atoms with E-state index in [2.05, 4.69) is 29.3 Å². The van der Waals surface area contributed by atoms with Crippen LogP contribution in [0.5, 0.6) is 0 Å². The largest absolute Gasteiger partial charge is 0.353 e. The summed E-state index contributed by atoms with van der Waals surface area (Å²) in [6.45, 7) is 3.26. The van der Waals surface area contributed by atoms with E-state index in [9.17, 15) is 4.79 Å². The van der Waals surface area contributed by atoms with Gasteiger partial charge in [-0.1, -0.05) is 13.3 Å². The van der Waals surface area contributed by atoms with E-state index in [-0.39, 0.29) is 18.3 Å². The van der Waals surface area contributed by atoms with Crippen molar-refractivity contribution in [2.75, 3.05) is 23.8 Å². The zero-order valence-electron chi connectivity index (χ0n) is 12.2. The predicted molar refractivity (Wildman–Crippen MR) is 93.3 cm³/mol. The van der Waals surface area contributed by atoms with Crippen molar-refractivity contribution in [1.82, 2.24) is 10.6 Å². The molecule has 3 nitrogen and oxygen atoms in total. The van der Waals surface area contributed by atoms with Gasteiger partial charge in [0, 0.05) is 41.8 Å². The molecule has 1 saturated carbocycles. The first-order valence-electron chi connectivity index (χ1n) is 7.50. The van der Waals surface area contributed by atoms with Crippen LogP contribution >= 0.6 is 35.9 Å². The van der Waals surface area contributed by atoms with E-state index in [0.717, 1.165) is 24.0 Å². The van der Waals surface area contributed by atoms with Gasteiger partial charge in [0.1, 0.15) is 0 Å². The molecule has 118 valence electrons. The minimum atomic E-state index is 0. The van der Waals surface area contributed by atoms with Crippen LogP contribution in [-0.2, 0) is 4.79 Å². The third kappa shape index (κ3) is 6.46. The molecule has 2 fully saturated rings. The molecule has 0 spiro atoms. The lowest BCUT2D eigenvalue weighted by molar-refractivity contribution is -0.122. The zero-order chi connectivity index (χ0) is 13.5. The molecular weight excluding hydrogens is 312 g/mol. The number of amides is 1. The molecule has 1 aliphatic heterocycles. The number of nitrogens with one attached hydrogen (secondary N) is 2. The highest BCUT2D eigenvalue weighted by molar-refractivity contribution is 7.99. The minimum absolute atomic E-state index is 0. The smallest absolute Gasteiger partial charge is 0.221 e. The average Bonchev–Trinajstić information content (AvgIpc) is 2.40.